The quantitative estimate of drug-likeness (QED) is 0.380. The Bertz CT molecular complexity index is 902. The predicted octanol–water partition coefficient (Wildman–Crippen LogP) is 0.0168. The van der Waals surface area contributed by atoms with Gasteiger partial charge in [0.2, 0.25) is 0 Å². The van der Waals surface area contributed by atoms with E-state index >= 15 is 0 Å². The van der Waals surface area contributed by atoms with Crippen LogP contribution in [0.1, 0.15) is 39.5 Å². The normalized spacial score (nSPS) is 11.0. The van der Waals surface area contributed by atoms with Gasteiger partial charge in [-0.3, -0.25) is 0 Å². The van der Waals surface area contributed by atoms with Crippen molar-refractivity contribution < 1.29 is 40.3 Å². The van der Waals surface area contributed by atoms with Gasteiger partial charge in [0.1, 0.15) is 20.5 Å². The van der Waals surface area contributed by atoms with Gasteiger partial charge in [0.05, 0.1) is 9.79 Å². The SMILES string of the molecule is CCCC[n+]1ccc(S(C)(=O)=O)cc1.CCCC[n+]1ccc(S(C)(=O)=O)cc1.[O-]B([O-])F. The van der Waals surface area contributed by atoms with Crippen molar-refractivity contribution in [2.24, 2.45) is 0 Å². The Morgan fingerprint density at radius 2 is 1.00 bits per heavy atom. The highest BCUT2D eigenvalue weighted by Gasteiger charge is 2.09. The first-order valence-corrected chi connectivity index (χ1v) is 13.9. The zero-order chi connectivity index (χ0) is 24.8. The van der Waals surface area contributed by atoms with E-state index in [1.54, 1.807) is 24.3 Å². The Hall–Kier alpha value is -1.89. The third-order valence-corrected chi connectivity index (χ3v) is 6.37. The van der Waals surface area contributed by atoms with Crippen LogP contribution < -0.4 is 19.2 Å². The third kappa shape index (κ3) is 14.2. The first-order valence-electron chi connectivity index (χ1n) is 10.1. The Morgan fingerprint density at radius 3 is 1.19 bits per heavy atom. The van der Waals surface area contributed by atoms with E-state index < -0.39 is 27.1 Å². The van der Waals surface area contributed by atoms with Crippen molar-refractivity contribution in [3.63, 3.8) is 0 Å². The lowest BCUT2D eigenvalue weighted by Crippen LogP contribution is -2.39. The molecule has 0 fully saturated rings. The van der Waals surface area contributed by atoms with E-state index in [0.717, 1.165) is 38.8 Å². The maximum Gasteiger partial charge on any atom is 0.175 e. The molecule has 0 aliphatic rings. The van der Waals surface area contributed by atoms with Crippen LogP contribution in [0.4, 0.5) is 4.32 Å². The number of aromatic nitrogens is 2. The molecule has 0 saturated heterocycles. The van der Waals surface area contributed by atoms with Crippen molar-refractivity contribution in [1.82, 2.24) is 0 Å². The molecule has 0 spiro atoms. The molecular formula is C20H32BFN2O6S2. The van der Waals surface area contributed by atoms with Gasteiger partial charge in [-0.25, -0.2) is 26.0 Å². The zero-order valence-electron chi connectivity index (χ0n) is 19.0. The number of sulfone groups is 2. The molecule has 8 nitrogen and oxygen atoms in total. The highest BCUT2D eigenvalue weighted by Crippen LogP contribution is 2.05. The van der Waals surface area contributed by atoms with Gasteiger partial charge in [-0.1, -0.05) is 26.7 Å². The molecule has 32 heavy (non-hydrogen) atoms. The summed E-state index contributed by atoms with van der Waals surface area (Å²) in [6.07, 6.45) is 14.2. The monoisotopic (exact) mass is 490 g/mol. The molecule has 0 atom stereocenters. The highest BCUT2D eigenvalue weighted by atomic mass is 32.2. The number of aryl methyl sites for hydroxylation is 2. The maximum absolute atomic E-state index is 11.1. The number of rotatable bonds is 8. The van der Waals surface area contributed by atoms with Gasteiger partial charge < -0.3 is 14.4 Å². The lowest BCUT2D eigenvalue weighted by atomic mass is 10.3. The van der Waals surface area contributed by atoms with Crippen LogP contribution >= 0.6 is 0 Å². The molecule has 0 aliphatic heterocycles. The van der Waals surface area contributed by atoms with Crippen LogP contribution in [0.3, 0.4) is 0 Å². The number of unbranched alkanes of at least 4 members (excludes halogenated alkanes) is 2. The van der Waals surface area contributed by atoms with Crippen molar-refractivity contribution in [3.05, 3.63) is 49.1 Å². The summed E-state index contributed by atoms with van der Waals surface area (Å²) in [7, 11) is -9.27. The number of hydrogen-bond donors (Lipinski definition) is 0. The van der Waals surface area contributed by atoms with Crippen LogP contribution in [0, 0.1) is 0 Å². The van der Waals surface area contributed by atoms with Crippen LogP contribution in [0.15, 0.2) is 58.8 Å². The molecule has 0 aromatic carbocycles. The summed E-state index contributed by atoms with van der Waals surface area (Å²) in [5.41, 5.74) is 0. The molecule has 0 amide bonds. The van der Waals surface area contributed by atoms with Gasteiger partial charge in [-0.2, -0.15) is 0 Å². The van der Waals surface area contributed by atoms with Crippen LogP contribution in [0.2, 0.25) is 0 Å². The Balaban J connectivity index is 0.000000515. The van der Waals surface area contributed by atoms with Crippen molar-refractivity contribution in [2.45, 2.75) is 62.4 Å². The molecule has 2 rings (SSSR count). The summed E-state index contributed by atoms with van der Waals surface area (Å²) < 4.78 is 58.5. The van der Waals surface area contributed by atoms with Crippen molar-refractivity contribution in [1.29, 1.82) is 0 Å². The molecular weight excluding hydrogens is 458 g/mol. The minimum atomic E-state index is -3.17. The standard InChI is InChI=1S/2C10H16NO2S.BFO2/c2*1-3-4-7-11-8-5-10(6-9-11)14(2,12)13;2-1(3)4/h2*5-6,8-9H,3-4,7H2,1-2H3;/q2*+1;-2. The van der Waals surface area contributed by atoms with Crippen LogP contribution in [-0.2, 0) is 32.8 Å². The molecule has 0 radical (unpaired) electrons. The summed E-state index contributed by atoms with van der Waals surface area (Å²) in [5.74, 6) is 0. The van der Waals surface area contributed by atoms with Crippen molar-refractivity contribution in [2.75, 3.05) is 12.5 Å². The summed E-state index contributed by atoms with van der Waals surface area (Å²) in [6, 6.07) is 6.58. The fourth-order valence-corrected chi connectivity index (χ4v) is 3.59. The van der Waals surface area contributed by atoms with E-state index in [1.165, 1.54) is 12.5 Å². The Labute approximate surface area is 191 Å². The zero-order valence-corrected chi connectivity index (χ0v) is 20.6. The molecule has 0 N–H and O–H groups in total. The van der Waals surface area contributed by atoms with Gasteiger partial charge in [-0.05, 0) is 0 Å². The molecule has 2 aromatic heterocycles. The number of nitrogens with zero attached hydrogens (tertiary/aromatic N) is 2. The average Bonchev–Trinajstić information content (AvgIpc) is 2.70. The van der Waals surface area contributed by atoms with Crippen molar-refractivity contribution in [3.8, 4) is 0 Å². The average molecular weight is 490 g/mol. The lowest BCUT2D eigenvalue weighted by molar-refractivity contribution is -0.697. The topological polar surface area (TPSA) is 122 Å². The second-order valence-corrected chi connectivity index (χ2v) is 11.1. The third-order valence-electron chi connectivity index (χ3n) is 4.12. The molecule has 2 aromatic rings. The summed E-state index contributed by atoms with van der Waals surface area (Å²) in [5, 5.41) is 16.6. The fraction of sp³-hybridized carbons (Fsp3) is 0.500. The van der Waals surface area contributed by atoms with E-state index in [-0.39, 0.29) is 0 Å². The molecule has 0 unspecified atom stereocenters. The minimum Gasteiger partial charge on any atom is -0.867 e. The number of pyridine rings is 2. The van der Waals surface area contributed by atoms with Crippen LogP contribution in [0.25, 0.3) is 0 Å². The fourth-order valence-electron chi connectivity index (χ4n) is 2.36. The molecule has 0 aliphatic carbocycles. The molecule has 12 heteroatoms. The van der Waals surface area contributed by atoms with E-state index in [4.69, 9.17) is 10.0 Å². The van der Waals surface area contributed by atoms with Gasteiger partial charge in [0.15, 0.2) is 44.5 Å². The Morgan fingerprint density at radius 1 is 0.750 bits per heavy atom. The summed E-state index contributed by atoms with van der Waals surface area (Å²) in [4.78, 5) is 0.760. The second-order valence-electron chi connectivity index (χ2n) is 7.07. The van der Waals surface area contributed by atoms with Crippen molar-refractivity contribution >= 4 is 27.1 Å². The van der Waals surface area contributed by atoms with Crippen LogP contribution in [-0.4, -0.2) is 36.7 Å². The van der Waals surface area contributed by atoms with E-state index in [2.05, 4.69) is 13.8 Å². The van der Waals surface area contributed by atoms with Gasteiger partial charge in [0.25, 0.3) is 0 Å². The van der Waals surface area contributed by atoms with Gasteiger partial charge in [-0.15, -0.1) is 0 Å². The van der Waals surface area contributed by atoms with Crippen LogP contribution in [0.5, 0.6) is 0 Å². The summed E-state index contributed by atoms with van der Waals surface area (Å²) in [6.45, 7) is 6.15. The smallest absolute Gasteiger partial charge is 0.175 e. The van der Waals surface area contributed by atoms with E-state index in [9.17, 15) is 21.2 Å². The predicted molar refractivity (Wildman–Crippen MR) is 116 cm³/mol. The largest absolute Gasteiger partial charge is 0.867 e. The summed E-state index contributed by atoms with van der Waals surface area (Å²) >= 11 is 0. The molecule has 0 bridgehead atoms. The number of halogens is 1. The number of hydrogen-bond acceptors (Lipinski definition) is 6. The minimum absolute atomic E-state index is 0.380. The molecule has 2 heterocycles. The first-order chi connectivity index (χ1) is 14.8. The maximum atomic E-state index is 11.1. The Kier molecular flexibility index (Phi) is 14.2. The van der Waals surface area contributed by atoms with Gasteiger partial charge >= 0.3 is 0 Å². The van der Waals surface area contributed by atoms with Gasteiger partial charge in [0, 0.05) is 49.6 Å². The van der Waals surface area contributed by atoms with E-state index in [0.29, 0.717) is 9.79 Å². The van der Waals surface area contributed by atoms with E-state index in [1.807, 2.05) is 33.9 Å². The molecule has 180 valence electrons. The second kappa shape index (κ2) is 15.0. The first kappa shape index (κ1) is 30.1. The molecule has 0 saturated carbocycles. The lowest BCUT2D eigenvalue weighted by Gasteiger charge is -2.09. The highest BCUT2D eigenvalue weighted by molar-refractivity contribution is 7.91.